The highest BCUT2D eigenvalue weighted by atomic mass is 16.3. The Hall–Kier alpha value is -2.04. The van der Waals surface area contributed by atoms with Crippen molar-refractivity contribution in [2.24, 2.45) is 5.92 Å². The fraction of sp³-hybridized carbons (Fsp3) is 0.529. The van der Waals surface area contributed by atoms with Gasteiger partial charge in [0, 0.05) is 31.5 Å². The van der Waals surface area contributed by atoms with Crippen LogP contribution in [0.3, 0.4) is 0 Å². The van der Waals surface area contributed by atoms with Gasteiger partial charge in [-0.1, -0.05) is 0 Å². The molecule has 0 atom stereocenters. The van der Waals surface area contributed by atoms with Gasteiger partial charge < -0.3 is 13.9 Å². The van der Waals surface area contributed by atoms with Crippen LogP contribution in [0.2, 0.25) is 0 Å². The van der Waals surface area contributed by atoms with Crippen LogP contribution in [0.1, 0.15) is 41.1 Å². The van der Waals surface area contributed by atoms with Crippen LogP contribution in [-0.4, -0.2) is 33.4 Å². The van der Waals surface area contributed by atoms with Crippen molar-refractivity contribution in [2.45, 2.75) is 39.7 Å². The summed E-state index contributed by atoms with van der Waals surface area (Å²) in [5.41, 5.74) is 1.88. The minimum atomic E-state index is 0.0912. The molecule has 0 N–H and O–H groups in total. The molecule has 0 unspecified atom stereocenters. The van der Waals surface area contributed by atoms with Crippen molar-refractivity contribution in [3.8, 4) is 0 Å². The molecule has 2 aromatic heterocycles. The second kappa shape index (κ2) is 6.38. The Morgan fingerprint density at radius 1 is 1.36 bits per heavy atom. The zero-order valence-electron chi connectivity index (χ0n) is 13.3. The van der Waals surface area contributed by atoms with Gasteiger partial charge in [-0.2, -0.15) is 0 Å². The SMILES string of the molecule is Cc1cnc(C)n1CCC1CCN(C(=O)c2ccoc2)CC1. The van der Waals surface area contributed by atoms with Crippen LogP contribution in [0.15, 0.2) is 29.2 Å². The Morgan fingerprint density at radius 2 is 2.14 bits per heavy atom. The molecule has 5 heteroatoms. The maximum Gasteiger partial charge on any atom is 0.257 e. The number of carbonyl (C=O) groups excluding carboxylic acids is 1. The Bertz CT molecular complexity index is 603. The van der Waals surface area contributed by atoms with E-state index in [1.807, 2.05) is 11.1 Å². The number of imidazole rings is 1. The van der Waals surface area contributed by atoms with Crippen LogP contribution in [0.5, 0.6) is 0 Å². The molecule has 1 saturated heterocycles. The molecule has 0 spiro atoms. The molecule has 0 bridgehead atoms. The van der Waals surface area contributed by atoms with E-state index in [-0.39, 0.29) is 5.91 Å². The van der Waals surface area contributed by atoms with Gasteiger partial charge in [-0.15, -0.1) is 0 Å². The van der Waals surface area contributed by atoms with Gasteiger partial charge in [0.05, 0.1) is 11.8 Å². The molecular formula is C17H23N3O2. The Balaban J connectivity index is 1.49. The fourth-order valence-corrected chi connectivity index (χ4v) is 3.22. The van der Waals surface area contributed by atoms with Gasteiger partial charge in [-0.05, 0) is 45.1 Å². The molecule has 1 amide bonds. The topological polar surface area (TPSA) is 51.3 Å². The number of nitrogens with zero attached hydrogens (tertiary/aromatic N) is 3. The molecule has 22 heavy (non-hydrogen) atoms. The lowest BCUT2D eigenvalue weighted by Crippen LogP contribution is -2.38. The number of rotatable bonds is 4. The number of likely N-dealkylation sites (tertiary alicyclic amines) is 1. The number of aryl methyl sites for hydroxylation is 2. The molecule has 3 heterocycles. The van der Waals surface area contributed by atoms with Crippen molar-refractivity contribution >= 4 is 5.91 Å². The van der Waals surface area contributed by atoms with Crippen molar-refractivity contribution in [1.82, 2.24) is 14.5 Å². The van der Waals surface area contributed by atoms with E-state index >= 15 is 0 Å². The van der Waals surface area contributed by atoms with Gasteiger partial charge in [-0.25, -0.2) is 4.98 Å². The molecule has 2 aromatic rings. The average Bonchev–Trinajstić information content (AvgIpc) is 3.17. The first-order chi connectivity index (χ1) is 10.6. The van der Waals surface area contributed by atoms with Crippen LogP contribution < -0.4 is 0 Å². The summed E-state index contributed by atoms with van der Waals surface area (Å²) in [6.07, 6.45) is 8.33. The summed E-state index contributed by atoms with van der Waals surface area (Å²) in [7, 11) is 0. The van der Waals surface area contributed by atoms with Crippen molar-refractivity contribution in [1.29, 1.82) is 0 Å². The predicted octanol–water partition coefficient (Wildman–Crippen LogP) is 3.04. The first-order valence-corrected chi connectivity index (χ1v) is 7.95. The zero-order valence-corrected chi connectivity index (χ0v) is 13.3. The lowest BCUT2D eigenvalue weighted by molar-refractivity contribution is 0.0684. The predicted molar refractivity (Wildman–Crippen MR) is 83.7 cm³/mol. The van der Waals surface area contributed by atoms with Crippen molar-refractivity contribution in [3.63, 3.8) is 0 Å². The summed E-state index contributed by atoms with van der Waals surface area (Å²) in [5.74, 6) is 1.87. The van der Waals surface area contributed by atoms with E-state index in [2.05, 4.69) is 23.4 Å². The molecule has 0 radical (unpaired) electrons. The maximum absolute atomic E-state index is 12.3. The monoisotopic (exact) mass is 301 g/mol. The summed E-state index contributed by atoms with van der Waals surface area (Å²) in [5, 5.41) is 0. The maximum atomic E-state index is 12.3. The van der Waals surface area contributed by atoms with Gasteiger partial charge in [-0.3, -0.25) is 4.79 Å². The molecular weight excluding hydrogens is 278 g/mol. The lowest BCUT2D eigenvalue weighted by atomic mass is 9.93. The fourth-order valence-electron chi connectivity index (χ4n) is 3.22. The normalized spacial score (nSPS) is 16.2. The molecule has 1 aliphatic heterocycles. The van der Waals surface area contributed by atoms with E-state index in [1.165, 1.54) is 12.0 Å². The van der Waals surface area contributed by atoms with Crippen LogP contribution >= 0.6 is 0 Å². The van der Waals surface area contributed by atoms with Gasteiger partial charge in [0.15, 0.2) is 0 Å². The smallest absolute Gasteiger partial charge is 0.257 e. The Morgan fingerprint density at radius 3 is 2.73 bits per heavy atom. The molecule has 1 aliphatic rings. The average molecular weight is 301 g/mol. The van der Waals surface area contributed by atoms with Crippen molar-refractivity contribution in [3.05, 3.63) is 41.9 Å². The lowest BCUT2D eigenvalue weighted by Gasteiger charge is -2.32. The number of hydrogen-bond acceptors (Lipinski definition) is 3. The third-order valence-electron chi connectivity index (χ3n) is 4.69. The van der Waals surface area contributed by atoms with Crippen molar-refractivity contribution < 1.29 is 9.21 Å². The zero-order chi connectivity index (χ0) is 15.5. The van der Waals surface area contributed by atoms with Crippen LogP contribution in [-0.2, 0) is 6.54 Å². The Labute approximate surface area is 130 Å². The number of amides is 1. The van der Waals surface area contributed by atoms with E-state index in [0.717, 1.165) is 44.7 Å². The first-order valence-electron chi connectivity index (χ1n) is 7.95. The van der Waals surface area contributed by atoms with Gasteiger partial charge in [0.2, 0.25) is 0 Å². The number of aromatic nitrogens is 2. The van der Waals surface area contributed by atoms with Crippen molar-refractivity contribution in [2.75, 3.05) is 13.1 Å². The van der Waals surface area contributed by atoms with E-state index in [9.17, 15) is 4.79 Å². The second-order valence-electron chi connectivity index (χ2n) is 6.13. The van der Waals surface area contributed by atoms with E-state index in [0.29, 0.717) is 11.5 Å². The number of furan rings is 1. The Kier molecular flexibility index (Phi) is 4.32. The molecule has 0 aliphatic carbocycles. The summed E-state index contributed by atoms with van der Waals surface area (Å²) in [6.45, 7) is 6.87. The minimum absolute atomic E-state index is 0.0912. The highest BCUT2D eigenvalue weighted by Crippen LogP contribution is 2.23. The summed E-state index contributed by atoms with van der Waals surface area (Å²) >= 11 is 0. The van der Waals surface area contributed by atoms with E-state index in [1.54, 1.807) is 12.3 Å². The van der Waals surface area contributed by atoms with Crippen LogP contribution in [0, 0.1) is 19.8 Å². The summed E-state index contributed by atoms with van der Waals surface area (Å²) in [6, 6.07) is 1.74. The van der Waals surface area contributed by atoms with Gasteiger partial charge in [0.25, 0.3) is 5.91 Å². The first kappa shape index (κ1) is 14.9. The van der Waals surface area contributed by atoms with E-state index in [4.69, 9.17) is 4.42 Å². The molecule has 0 saturated carbocycles. The molecule has 3 rings (SSSR count). The summed E-state index contributed by atoms with van der Waals surface area (Å²) < 4.78 is 7.27. The minimum Gasteiger partial charge on any atom is -0.472 e. The molecule has 5 nitrogen and oxygen atoms in total. The number of carbonyl (C=O) groups is 1. The largest absolute Gasteiger partial charge is 0.472 e. The van der Waals surface area contributed by atoms with Crippen LogP contribution in [0.25, 0.3) is 0 Å². The standard InChI is InChI=1S/C17H23N3O2/c1-13-11-18-14(2)20(13)9-5-15-3-7-19(8-4-15)17(21)16-6-10-22-12-16/h6,10-12,15H,3-5,7-9H2,1-2H3. The van der Waals surface area contributed by atoms with Gasteiger partial charge >= 0.3 is 0 Å². The van der Waals surface area contributed by atoms with E-state index < -0.39 is 0 Å². The molecule has 1 fully saturated rings. The third kappa shape index (κ3) is 3.08. The number of hydrogen-bond donors (Lipinski definition) is 0. The number of piperidine rings is 1. The molecule has 0 aromatic carbocycles. The third-order valence-corrected chi connectivity index (χ3v) is 4.69. The van der Waals surface area contributed by atoms with Crippen LogP contribution in [0.4, 0.5) is 0 Å². The highest BCUT2D eigenvalue weighted by molar-refractivity contribution is 5.93. The van der Waals surface area contributed by atoms with Gasteiger partial charge in [0.1, 0.15) is 12.1 Å². The molecule has 118 valence electrons. The second-order valence-corrected chi connectivity index (χ2v) is 6.13. The quantitative estimate of drug-likeness (QED) is 0.872. The highest BCUT2D eigenvalue weighted by Gasteiger charge is 2.24. The summed E-state index contributed by atoms with van der Waals surface area (Å²) in [4.78, 5) is 18.5.